The van der Waals surface area contributed by atoms with Crippen molar-refractivity contribution in [1.82, 2.24) is 20.2 Å². The lowest BCUT2D eigenvalue weighted by atomic mass is 10.0. The molecule has 1 aliphatic rings. The number of nitrogens with one attached hydrogen (secondary N) is 2. The van der Waals surface area contributed by atoms with Crippen molar-refractivity contribution < 1.29 is 9.80 Å². The van der Waals surface area contributed by atoms with Gasteiger partial charge in [-0.2, -0.15) is 0 Å². The van der Waals surface area contributed by atoms with Crippen LogP contribution in [0.15, 0.2) is 24.3 Å². The maximum Gasteiger partial charge on any atom is 0.214 e. The summed E-state index contributed by atoms with van der Waals surface area (Å²) in [4.78, 5) is 3.16. The molecule has 1 aromatic carbocycles. The van der Waals surface area contributed by atoms with E-state index in [-0.39, 0.29) is 11.6 Å². The average Bonchev–Trinajstić information content (AvgIpc) is 3.07. The molecule has 1 saturated heterocycles. The maximum atomic E-state index is 6.58. The molecule has 3 rings (SSSR count). The van der Waals surface area contributed by atoms with Crippen molar-refractivity contribution in [3.05, 3.63) is 40.7 Å². The Bertz CT molecular complexity index is 700. The Kier molecular flexibility index (Phi) is 5.41. The number of tetrazole rings is 1. The topological polar surface area (TPSA) is 52.5 Å². The van der Waals surface area contributed by atoms with Gasteiger partial charge in [-0.1, -0.05) is 29.8 Å². The molecule has 2 heterocycles. The summed E-state index contributed by atoms with van der Waals surface area (Å²) < 4.78 is 1.95. The highest BCUT2D eigenvalue weighted by atomic mass is 35.5. The third kappa shape index (κ3) is 3.86. The Labute approximate surface area is 154 Å². The number of quaternary nitrogens is 2. The molecule has 6 nitrogen and oxygen atoms in total. The molecule has 0 aliphatic carbocycles. The van der Waals surface area contributed by atoms with Gasteiger partial charge in [0.2, 0.25) is 5.82 Å². The Hall–Kier alpha value is -1.50. The molecule has 1 aromatic heterocycles. The SMILES string of the molecule is CC[NH+]1CC[NH+]([C@@H](c2ccccc2Cl)c2nnnn2C(C)(C)C)CC1. The largest absolute Gasteiger partial charge is 0.326 e. The van der Waals surface area contributed by atoms with E-state index in [4.69, 9.17) is 11.6 Å². The number of nitrogens with zero attached hydrogens (tertiary/aromatic N) is 4. The molecular formula is C18H29ClN6+2. The van der Waals surface area contributed by atoms with Crippen LogP contribution in [-0.2, 0) is 5.54 Å². The van der Waals surface area contributed by atoms with Crippen LogP contribution >= 0.6 is 11.6 Å². The summed E-state index contributed by atoms with van der Waals surface area (Å²) in [5, 5.41) is 13.5. The first-order chi connectivity index (χ1) is 11.9. The van der Waals surface area contributed by atoms with Crippen LogP contribution in [0.4, 0.5) is 0 Å². The minimum absolute atomic E-state index is 0.0568. The number of halogens is 1. The molecule has 2 N–H and O–H groups in total. The third-order valence-corrected chi connectivity index (χ3v) is 5.46. The van der Waals surface area contributed by atoms with Crippen LogP contribution in [0, 0.1) is 0 Å². The minimum atomic E-state index is -0.172. The molecule has 1 aliphatic heterocycles. The normalized spacial score (nSPS) is 22.8. The van der Waals surface area contributed by atoms with E-state index in [0.29, 0.717) is 0 Å². The number of benzene rings is 1. The van der Waals surface area contributed by atoms with Gasteiger partial charge >= 0.3 is 0 Å². The summed E-state index contributed by atoms with van der Waals surface area (Å²) in [6, 6.07) is 8.15. The smallest absolute Gasteiger partial charge is 0.214 e. The summed E-state index contributed by atoms with van der Waals surface area (Å²) in [6.07, 6.45) is 0. The quantitative estimate of drug-likeness (QED) is 0.801. The van der Waals surface area contributed by atoms with Crippen molar-refractivity contribution in [3.8, 4) is 0 Å². The first-order valence-corrected chi connectivity index (χ1v) is 9.51. The van der Waals surface area contributed by atoms with Gasteiger partial charge in [-0.15, -0.1) is 5.10 Å². The fourth-order valence-electron chi connectivity index (χ4n) is 3.67. The average molecular weight is 365 g/mol. The van der Waals surface area contributed by atoms with Crippen LogP contribution in [0.3, 0.4) is 0 Å². The lowest BCUT2D eigenvalue weighted by Crippen LogP contribution is -3.28. The first kappa shape index (κ1) is 18.3. The van der Waals surface area contributed by atoms with Crippen LogP contribution in [-0.4, -0.2) is 52.9 Å². The van der Waals surface area contributed by atoms with Crippen LogP contribution in [0.2, 0.25) is 5.02 Å². The standard InChI is InChI=1S/C18H27ClN6/c1-5-23-10-12-24(13-11-23)16(14-8-6-7-9-15(14)19)17-20-21-22-25(17)18(2,3)4/h6-9,16H,5,10-13H2,1-4H3/p+2/t16-/m0/s1. The van der Waals surface area contributed by atoms with Gasteiger partial charge < -0.3 is 9.80 Å². The zero-order valence-corrected chi connectivity index (χ0v) is 16.3. The van der Waals surface area contributed by atoms with Crippen molar-refractivity contribution in [1.29, 1.82) is 0 Å². The zero-order valence-electron chi connectivity index (χ0n) is 15.6. The van der Waals surface area contributed by atoms with Gasteiger partial charge in [-0.3, -0.25) is 0 Å². The van der Waals surface area contributed by atoms with E-state index in [0.717, 1.165) is 29.5 Å². The van der Waals surface area contributed by atoms with E-state index in [1.54, 1.807) is 4.90 Å². The van der Waals surface area contributed by atoms with Crippen molar-refractivity contribution in [3.63, 3.8) is 0 Å². The third-order valence-electron chi connectivity index (χ3n) is 5.11. The molecule has 1 atom stereocenters. The van der Waals surface area contributed by atoms with Crippen molar-refractivity contribution in [2.45, 2.75) is 39.3 Å². The van der Waals surface area contributed by atoms with Gasteiger partial charge in [0.15, 0.2) is 6.04 Å². The highest BCUT2D eigenvalue weighted by molar-refractivity contribution is 6.31. The Morgan fingerprint density at radius 1 is 1.16 bits per heavy atom. The number of rotatable bonds is 4. The van der Waals surface area contributed by atoms with Gasteiger partial charge in [-0.25, -0.2) is 4.68 Å². The predicted molar refractivity (Wildman–Crippen MR) is 98.0 cm³/mol. The molecule has 25 heavy (non-hydrogen) atoms. The Morgan fingerprint density at radius 2 is 1.84 bits per heavy atom. The Morgan fingerprint density at radius 3 is 2.44 bits per heavy atom. The Balaban J connectivity index is 2.02. The van der Waals surface area contributed by atoms with Crippen LogP contribution in [0.25, 0.3) is 0 Å². The second-order valence-corrected chi connectivity index (χ2v) is 8.24. The first-order valence-electron chi connectivity index (χ1n) is 9.13. The zero-order chi connectivity index (χ0) is 18.0. The van der Waals surface area contributed by atoms with Crippen molar-refractivity contribution >= 4 is 11.6 Å². The second kappa shape index (κ2) is 7.40. The van der Waals surface area contributed by atoms with Crippen LogP contribution in [0.1, 0.15) is 45.1 Å². The van der Waals surface area contributed by atoms with Crippen LogP contribution in [0.5, 0.6) is 0 Å². The molecule has 7 heteroatoms. The minimum Gasteiger partial charge on any atom is -0.326 e. The highest BCUT2D eigenvalue weighted by Crippen LogP contribution is 2.27. The number of hydrogen-bond acceptors (Lipinski definition) is 3. The predicted octanol–water partition coefficient (Wildman–Crippen LogP) is -0.0258. The van der Waals surface area contributed by atoms with Crippen molar-refractivity contribution in [2.75, 3.05) is 32.7 Å². The lowest BCUT2D eigenvalue weighted by Gasteiger charge is -2.35. The van der Waals surface area contributed by atoms with E-state index in [2.05, 4.69) is 49.3 Å². The molecule has 136 valence electrons. The fraction of sp³-hybridized carbons (Fsp3) is 0.611. The molecule has 0 bridgehead atoms. The van der Waals surface area contributed by atoms with Gasteiger partial charge in [0, 0.05) is 5.56 Å². The fourth-order valence-corrected chi connectivity index (χ4v) is 3.91. The molecule has 0 amide bonds. The van der Waals surface area contributed by atoms with E-state index in [1.807, 2.05) is 22.9 Å². The van der Waals surface area contributed by atoms with Crippen LogP contribution < -0.4 is 9.80 Å². The number of aromatic nitrogens is 4. The molecule has 0 saturated carbocycles. The summed E-state index contributed by atoms with van der Waals surface area (Å²) in [6.45, 7) is 14.4. The van der Waals surface area contributed by atoms with Crippen molar-refractivity contribution in [2.24, 2.45) is 0 Å². The lowest BCUT2D eigenvalue weighted by molar-refractivity contribution is -1.02. The van der Waals surface area contributed by atoms with Gasteiger partial charge in [0.25, 0.3) is 0 Å². The molecule has 0 spiro atoms. The van der Waals surface area contributed by atoms with Gasteiger partial charge in [-0.05, 0) is 44.2 Å². The summed E-state index contributed by atoms with van der Waals surface area (Å²) in [7, 11) is 0. The second-order valence-electron chi connectivity index (χ2n) is 7.84. The molecular weight excluding hydrogens is 336 g/mol. The van der Waals surface area contributed by atoms with E-state index in [1.165, 1.54) is 24.5 Å². The number of piperazine rings is 1. The highest BCUT2D eigenvalue weighted by Gasteiger charge is 2.38. The summed E-state index contributed by atoms with van der Waals surface area (Å²) in [5.41, 5.74) is 0.938. The van der Waals surface area contributed by atoms with Gasteiger partial charge in [0.1, 0.15) is 26.2 Å². The van der Waals surface area contributed by atoms with E-state index >= 15 is 0 Å². The maximum absolute atomic E-state index is 6.58. The number of likely N-dealkylation sites (N-methyl/N-ethyl adjacent to an activating group) is 1. The summed E-state index contributed by atoms with van der Waals surface area (Å²) >= 11 is 6.58. The molecule has 0 unspecified atom stereocenters. The molecule has 1 fully saturated rings. The molecule has 2 aromatic rings. The molecule has 0 radical (unpaired) electrons. The van der Waals surface area contributed by atoms with E-state index in [9.17, 15) is 0 Å². The monoisotopic (exact) mass is 364 g/mol. The van der Waals surface area contributed by atoms with Gasteiger partial charge in [0.05, 0.1) is 17.1 Å². The summed E-state index contributed by atoms with van der Waals surface area (Å²) in [5.74, 6) is 0.899. The number of hydrogen-bond donors (Lipinski definition) is 2. The van der Waals surface area contributed by atoms with E-state index < -0.39 is 0 Å².